The summed E-state index contributed by atoms with van der Waals surface area (Å²) in [4.78, 5) is 0.933. The zero-order valence-corrected chi connectivity index (χ0v) is 13.5. The molecule has 19 heavy (non-hydrogen) atoms. The highest BCUT2D eigenvalue weighted by Gasteiger charge is 2.54. The van der Waals surface area contributed by atoms with Crippen molar-refractivity contribution in [3.63, 3.8) is 0 Å². The number of hydrogen-bond donors (Lipinski definition) is 0. The van der Waals surface area contributed by atoms with Gasteiger partial charge in [0.15, 0.2) is 0 Å². The molecule has 7 heteroatoms. The highest BCUT2D eigenvalue weighted by Crippen LogP contribution is 2.58. The van der Waals surface area contributed by atoms with Crippen LogP contribution in [0, 0.1) is 12.3 Å². The van der Waals surface area contributed by atoms with E-state index in [4.69, 9.17) is 0 Å². The van der Waals surface area contributed by atoms with Crippen LogP contribution in [0.4, 0.5) is 0 Å². The van der Waals surface area contributed by atoms with Gasteiger partial charge in [-0.15, -0.1) is 0 Å². The van der Waals surface area contributed by atoms with Gasteiger partial charge in [-0.1, -0.05) is 15.9 Å². The fourth-order valence-electron chi connectivity index (χ4n) is 2.86. The van der Waals surface area contributed by atoms with E-state index in [9.17, 15) is 8.42 Å². The molecule has 0 aromatic carbocycles. The molecule has 1 aromatic rings. The molecule has 1 aliphatic heterocycles. The van der Waals surface area contributed by atoms with E-state index in [0.717, 1.165) is 12.8 Å². The fraction of sp³-hybridized carbons (Fsp3) is 0.750. The fourth-order valence-corrected chi connectivity index (χ4v) is 5.59. The monoisotopic (exact) mass is 347 g/mol. The second-order valence-electron chi connectivity index (χ2n) is 5.66. The summed E-state index contributed by atoms with van der Waals surface area (Å²) < 4.78 is 28.4. The van der Waals surface area contributed by atoms with Gasteiger partial charge in [-0.2, -0.15) is 9.40 Å². The highest BCUT2D eigenvalue weighted by atomic mass is 79.9. The second kappa shape index (κ2) is 4.30. The van der Waals surface area contributed by atoms with E-state index in [1.807, 2.05) is 0 Å². The maximum absolute atomic E-state index is 12.6. The van der Waals surface area contributed by atoms with Crippen LogP contribution >= 0.6 is 15.9 Å². The summed E-state index contributed by atoms with van der Waals surface area (Å²) in [6, 6.07) is 0. The lowest BCUT2D eigenvalue weighted by Crippen LogP contribution is -2.39. The zero-order valence-electron chi connectivity index (χ0n) is 11.1. The first-order valence-electron chi connectivity index (χ1n) is 6.50. The molecule has 1 saturated heterocycles. The first-order chi connectivity index (χ1) is 8.87. The first kappa shape index (κ1) is 13.6. The van der Waals surface area contributed by atoms with Crippen LogP contribution in [-0.2, 0) is 17.1 Å². The molecule has 0 bridgehead atoms. The maximum Gasteiger partial charge on any atom is 0.246 e. The molecule has 1 unspecified atom stereocenters. The summed E-state index contributed by atoms with van der Waals surface area (Å²) in [6.07, 6.45) is 4.56. The topological polar surface area (TPSA) is 55.2 Å². The van der Waals surface area contributed by atoms with E-state index in [1.165, 1.54) is 12.6 Å². The Balaban J connectivity index is 1.81. The third-order valence-electron chi connectivity index (χ3n) is 4.62. The predicted octanol–water partition coefficient (Wildman–Crippen LogP) is 1.67. The average molecular weight is 348 g/mol. The predicted molar refractivity (Wildman–Crippen MR) is 75.7 cm³/mol. The summed E-state index contributed by atoms with van der Waals surface area (Å²) in [5.41, 5.74) is 1.07. The lowest BCUT2D eigenvalue weighted by atomic mass is 9.95. The van der Waals surface area contributed by atoms with E-state index in [-0.39, 0.29) is 0 Å². The third kappa shape index (κ3) is 2.06. The van der Waals surface area contributed by atoms with Gasteiger partial charge in [0.2, 0.25) is 10.0 Å². The van der Waals surface area contributed by atoms with E-state index in [0.29, 0.717) is 33.9 Å². The number of aryl methyl sites for hydroxylation is 1. The molecule has 106 valence electrons. The third-order valence-corrected chi connectivity index (χ3v) is 7.91. The van der Waals surface area contributed by atoms with Crippen LogP contribution in [0.2, 0.25) is 0 Å². The van der Waals surface area contributed by atoms with Crippen molar-refractivity contribution in [3.8, 4) is 0 Å². The molecular weight excluding hydrogens is 330 g/mol. The molecule has 1 spiro atoms. The van der Waals surface area contributed by atoms with Gasteiger partial charge in [-0.25, -0.2) is 8.42 Å². The number of nitrogens with zero attached hydrogens (tertiary/aromatic N) is 3. The van der Waals surface area contributed by atoms with E-state index in [2.05, 4.69) is 21.0 Å². The summed E-state index contributed by atoms with van der Waals surface area (Å²) in [6.45, 7) is 3.04. The van der Waals surface area contributed by atoms with Crippen molar-refractivity contribution < 1.29 is 8.42 Å². The number of rotatable bonds is 2. The van der Waals surface area contributed by atoms with Gasteiger partial charge in [-0.3, -0.25) is 4.68 Å². The Bertz CT molecular complexity index is 602. The Kier molecular flexibility index (Phi) is 3.07. The molecule has 0 radical (unpaired) electrons. The number of piperidine rings is 1. The van der Waals surface area contributed by atoms with Crippen LogP contribution in [0.1, 0.15) is 25.0 Å². The minimum atomic E-state index is -3.38. The number of sulfonamides is 1. The number of halogens is 1. The molecule has 1 aliphatic carbocycles. The molecule has 2 heterocycles. The molecule has 1 atom stereocenters. The Morgan fingerprint density at radius 2 is 2.00 bits per heavy atom. The SMILES string of the molecule is Cc1c(S(=O)(=O)N2CCC3(CC2)CC3Br)cnn1C. The van der Waals surface area contributed by atoms with Crippen LogP contribution in [0.15, 0.2) is 11.1 Å². The standard InChI is InChI=1S/C12H18BrN3O2S/c1-9-10(8-14-15(9)2)19(17,18)16-5-3-12(4-6-16)7-11(12)13/h8,11H,3-7H2,1-2H3. The van der Waals surface area contributed by atoms with Crippen LogP contribution in [0.3, 0.4) is 0 Å². The lowest BCUT2D eigenvalue weighted by molar-refractivity contribution is 0.260. The molecule has 0 amide bonds. The Labute approximate surface area is 122 Å². The summed E-state index contributed by atoms with van der Waals surface area (Å²) >= 11 is 3.65. The Hall–Kier alpha value is -0.400. The van der Waals surface area contributed by atoms with Gasteiger partial charge in [0.1, 0.15) is 4.90 Å². The molecule has 2 aliphatic rings. The van der Waals surface area contributed by atoms with E-state index >= 15 is 0 Å². The smallest absolute Gasteiger partial charge is 0.246 e. The van der Waals surface area contributed by atoms with Crippen molar-refractivity contribution in [2.24, 2.45) is 12.5 Å². The van der Waals surface area contributed by atoms with Crippen molar-refractivity contribution in [2.75, 3.05) is 13.1 Å². The van der Waals surface area contributed by atoms with Crippen molar-refractivity contribution >= 4 is 26.0 Å². The normalized spacial score (nSPS) is 26.8. The van der Waals surface area contributed by atoms with Gasteiger partial charge in [0.05, 0.1) is 11.9 Å². The highest BCUT2D eigenvalue weighted by molar-refractivity contribution is 9.09. The van der Waals surface area contributed by atoms with Gasteiger partial charge in [0.25, 0.3) is 0 Å². The minimum Gasteiger partial charge on any atom is -0.272 e. The van der Waals surface area contributed by atoms with E-state index < -0.39 is 10.0 Å². The molecule has 2 fully saturated rings. The zero-order chi connectivity index (χ0) is 13.8. The van der Waals surface area contributed by atoms with Crippen LogP contribution in [0.5, 0.6) is 0 Å². The molecule has 1 aromatic heterocycles. The minimum absolute atomic E-state index is 0.345. The lowest BCUT2D eigenvalue weighted by Gasteiger charge is -2.31. The molecule has 5 nitrogen and oxygen atoms in total. The largest absolute Gasteiger partial charge is 0.272 e. The van der Waals surface area contributed by atoms with Crippen LogP contribution in [-0.4, -0.2) is 40.4 Å². The van der Waals surface area contributed by atoms with E-state index in [1.54, 1.807) is 23.0 Å². The van der Waals surface area contributed by atoms with Crippen molar-refractivity contribution in [1.29, 1.82) is 0 Å². The van der Waals surface area contributed by atoms with Gasteiger partial charge in [-0.05, 0) is 31.6 Å². The molecule has 3 rings (SSSR count). The van der Waals surface area contributed by atoms with Crippen molar-refractivity contribution in [1.82, 2.24) is 14.1 Å². The second-order valence-corrected chi connectivity index (χ2v) is 8.67. The van der Waals surface area contributed by atoms with Gasteiger partial charge in [0, 0.05) is 25.0 Å². The number of hydrogen-bond acceptors (Lipinski definition) is 3. The van der Waals surface area contributed by atoms with Crippen LogP contribution in [0.25, 0.3) is 0 Å². The number of aromatic nitrogens is 2. The Morgan fingerprint density at radius 3 is 2.42 bits per heavy atom. The average Bonchev–Trinajstić information content (AvgIpc) is 2.83. The quantitative estimate of drug-likeness (QED) is 0.764. The first-order valence-corrected chi connectivity index (χ1v) is 8.85. The van der Waals surface area contributed by atoms with Gasteiger partial charge >= 0.3 is 0 Å². The Morgan fingerprint density at radius 1 is 1.42 bits per heavy atom. The molecule has 0 N–H and O–H groups in total. The van der Waals surface area contributed by atoms with Crippen molar-refractivity contribution in [2.45, 2.75) is 35.9 Å². The summed E-state index contributed by atoms with van der Waals surface area (Å²) in [7, 11) is -1.61. The van der Waals surface area contributed by atoms with Crippen LogP contribution < -0.4 is 0 Å². The summed E-state index contributed by atoms with van der Waals surface area (Å²) in [5, 5.41) is 4.03. The van der Waals surface area contributed by atoms with Crippen molar-refractivity contribution in [3.05, 3.63) is 11.9 Å². The maximum atomic E-state index is 12.6. The summed E-state index contributed by atoms with van der Waals surface area (Å²) in [5.74, 6) is 0. The number of alkyl halides is 1. The van der Waals surface area contributed by atoms with Gasteiger partial charge < -0.3 is 0 Å². The molecule has 1 saturated carbocycles. The molecular formula is C12H18BrN3O2S.